The smallest absolute Gasteiger partial charge is 0.469 e. The minimum atomic E-state index is -5.05. The number of hydrogen-bond donors (Lipinski definition) is 1. The Kier molecular flexibility index (Phi) is 12.3. The number of alkyl halides is 3. The number of ether oxygens (including phenoxy) is 3. The Morgan fingerprint density at radius 1 is 0.946 bits per heavy atom. The van der Waals surface area contributed by atoms with Gasteiger partial charge in [-0.05, 0) is 43.5 Å². The average Bonchev–Trinajstić information content (AvgIpc) is 2.89. The van der Waals surface area contributed by atoms with Gasteiger partial charge in [-0.1, -0.05) is 12.2 Å². The quantitative estimate of drug-likeness (QED) is 0.248. The first kappa shape index (κ1) is 31.1. The summed E-state index contributed by atoms with van der Waals surface area (Å²) in [6, 6.07) is 3.68. The first-order valence-electron chi connectivity index (χ1n) is 11.0. The number of anilines is 1. The predicted molar refractivity (Wildman–Crippen MR) is 124 cm³/mol. The lowest BCUT2D eigenvalue weighted by molar-refractivity contribution is -0.170. The molecule has 0 unspecified atom stereocenters. The SMILES string of the molecule is COC(=O)CC[C@@H](/C=C/CC[C@H](NC(=O)c1ccc(N(C)C(=O)C(F)(F)F)cc1)C(=O)OC)C(=O)OC. The number of nitrogens with zero attached hydrogens (tertiary/aromatic N) is 1. The molecule has 0 fully saturated rings. The largest absolute Gasteiger partial charge is 0.471 e. The van der Waals surface area contributed by atoms with Crippen molar-refractivity contribution in [1.82, 2.24) is 5.32 Å². The number of methoxy groups -OCH3 is 3. The van der Waals surface area contributed by atoms with E-state index in [1.807, 2.05) is 0 Å². The molecular weight excluding hydrogens is 501 g/mol. The number of amides is 2. The Morgan fingerprint density at radius 3 is 2.05 bits per heavy atom. The van der Waals surface area contributed by atoms with E-state index in [1.54, 1.807) is 6.08 Å². The van der Waals surface area contributed by atoms with Crippen LogP contribution in [0.25, 0.3) is 0 Å². The molecular formula is C24H29F3N2O8. The van der Waals surface area contributed by atoms with Crippen molar-refractivity contribution in [2.45, 2.75) is 37.9 Å². The van der Waals surface area contributed by atoms with Crippen molar-refractivity contribution in [3.8, 4) is 0 Å². The fraction of sp³-hybridized carbons (Fsp3) is 0.458. The highest BCUT2D eigenvalue weighted by atomic mass is 19.4. The van der Waals surface area contributed by atoms with Crippen LogP contribution in [-0.2, 0) is 33.4 Å². The molecule has 13 heteroatoms. The second kappa shape index (κ2) is 14.6. The molecule has 0 radical (unpaired) electrons. The molecule has 2 atom stereocenters. The van der Waals surface area contributed by atoms with E-state index in [1.165, 1.54) is 32.4 Å². The molecule has 0 saturated carbocycles. The van der Waals surface area contributed by atoms with E-state index in [-0.39, 0.29) is 36.9 Å². The number of carbonyl (C=O) groups is 5. The summed E-state index contributed by atoms with van der Waals surface area (Å²) in [6.07, 6.45) is -1.42. The van der Waals surface area contributed by atoms with E-state index in [0.29, 0.717) is 4.90 Å². The van der Waals surface area contributed by atoms with Crippen LogP contribution >= 0.6 is 0 Å². The molecule has 10 nitrogen and oxygen atoms in total. The molecule has 0 bridgehead atoms. The highest BCUT2D eigenvalue weighted by Gasteiger charge is 2.41. The van der Waals surface area contributed by atoms with Gasteiger partial charge in [-0.15, -0.1) is 0 Å². The van der Waals surface area contributed by atoms with E-state index in [4.69, 9.17) is 9.47 Å². The summed E-state index contributed by atoms with van der Waals surface area (Å²) in [5.41, 5.74) is -0.0458. The second-order valence-electron chi connectivity index (χ2n) is 7.71. The van der Waals surface area contributed by atoms with Crippen LogP contribution in [0, 0.1) is 5.92 Å². The van der Waals surface area contributed by atoms with Crippen LogP contribution in [0.1, 0.15) is 36.0 Å². The van der Waals surface area contributed by atoms with Crippen molar-refractivity contribution >= 4 is 35.4 Å². The third-order valence-electron chi connectivity index (χ3n) is 5.24. The van der Waals surface area contributed by atoms with E-state index in [9.17, 15) is 37.1 Å². The van der Waals surface area contributed by atoms with Gasteiger partial charge < -0.3 is 24.4 Å². The van der Waals surface area contributed by atoms with E-state index < -0.39 is 47.9 Å². The van der Waals surface area contributed by atoms with Crippen LogP contribution in [0.3, 0.4) is 0 Å². The molecule has 1 rings (SSSR count). The maximum absolute atomic E-state index is 12.6. The maximum Gasteiger partial charge on any atom is 0.471 e. The molecule has 0 aliphatic carbocycles. The Labute approximate surface area is 211 Å². The van der Waals surface area contributed by atoms with Crippen molar-refractivity contribution in [1.29, 1.82) is 0 Å². The van der Waals surface area contributed by atoms with Gasteiger partial charge in [0.05, 0.1) is 27.2 Å². The van der Waals surface area contributed by atoms with Crippen LogP contribution in [0.15, 0.2) is 36.4 Å². The van der Waals surface area contributed by atoms with Crippen LogP contribution in [0.2, 0.25) is 0 Å². The van der Waals surface area contributed by atoms with Crippen molar-refractivity contribution in [3.63, 3.8) is 0 Å². The summed E-state index contributed by atoms with van der Waals surface area (Å²) in [7, 11) is 4.53. The second-order valence-corrected chi connectivity index (χ2v) is 7.71. The zero-order valence-corrected chi connectivity index (χ0v) is 20.8. The molecule has 204 valence electrons. The Morgan fingerprint density at radius 2 is 1.54 bits per heavy atom. The average molecular weight is 530 g/mol. The topological polar surface area (TPSA) is 128 Å². The molecule has 0 saturated heterocycles. The Bertz CT molecular complexity index is 993. The van der Waals surface area contributed by atoms with Gasteiger partial charge in [-0.2, -0.15) is 13.2 Å². The van der Waals surface area contributed by atoms with E-state index in [0.717, 1.165) is 26.3 Å². The molecule has 2 amide bonds. The molecule has 0 heterocycles. The fourth-order valence-electron chi connectivity index (χ4n) is 3.12. The van der Waals surface area contributed by atoms with E-state index in [2.05, 4.69) is 10.1 Å². The lowest BCUT2D eigenvalue weighted by Gasteiger charge is -2.19. The van der Waals surface area contributed by atoms with Gasteiger partial charge in [0.15, 0.2) is 0 Å². The highest BCUT2D eigenvalue weighted by Crippen LogP contribution is 2.23. The van der Waals surface area contributed by atoms with Gasteiger partial charge in [0.25, 0.3) is 5.91 Å². The van der Waals surface area contributed by atoms with Crippen LogP contribution in [0.5, 0.6) is 0 Å². The molecule has 0 aromatic heterocycles. The standard InChI is InChI=1S/C24H29F3N2O8/c1-29(23(34)24(25,26)27)17-12-9-15(10-13-17)20(31)28-18(22(33)37-4)8-6-5-7-16(21(32)36-3)11-14-19(30)35-2/h5,7,9-10,12-13,16,18H,6,8,11,14H2,1-4H3,(H,28,31)/b7-5+/t16-,18+/m1/s1. The third kappa shape index (κ3) is 9.94. The van der Waals surface area contributed by atoms with Crippen molar-refractivity contribution in [2.24, 2.45) is 5.92 Å². The van der Waals surface area contributed by atoms with Gasteiger partial charge >= 0.3 is 30.0 Å². The number of carbonyl (C=O) groups excluding carboxylic acids is 5. The minimum absolute atomic E-state index is 0.000393. The Balaban J connectivity index is 2.83. The number of halogens is 3. The van der Waals surface area contributed by atoms with E-state index >= 15 is 0 Å². The summed E-state index contributed by atoms with van der Waals surface area (Å²) in [5.74, 6) is -5.24. The fourth-order valence-corrected chi connectivity index (χ4v) is 3.12. The highest BCUT2D eigenvalue weighted by molar-refractivity contribution is 5.99. The number of nitrogens with one attached hydrogen (secondary N) is 1. The van der Waals surface area contributed by atoms with Crippen LogP contribution in [-0.4, -0.2) is 70.3 Å². The zero-order valence-electron chi connectivity index (χ0n) is 20.8. The molecule has 1 aromatic rings. The molecule has 0 aliphatic rings. The van der Waals surface area contributed by atoms with Gasteiger partial charge in [0.2, 0.25) is 0 Å². The number of rotatable bonds is 12. The number of hydrogen-bond acceptors (Lipinski definition) is 8. The lowest BCUT2D eigenvalue weighted by Crippen LogP contribution is -2.41. The molecule has 37 heavy (non-hydrogen) atoms. The monoisotopic (exact) mass is 530 g/mol. The first-order chi connectivity index (χ1) is 17.3. The predicted octanol–water partition coefficient (Wildman–Crippen LogP) is 2.56. The summed E-state index contributed by atoms with van der Waals surface area (Å²) in [4.78, 5) is 59.8. The van der Waals surface area contributed by atoms with Gasteiger partial charge in [-0.3, -0.25) is 19.2 Å². The van der Waals surface area contributed by atoms with Crippen molar-refractivity contribution < 1.29 is 51.4 Å². The van der Waals surface area contributed by atoms with Gasteiger partial charge in [0.1, 0.15) is 6.04 Å². The number of allylic oxidation sites excluding steroid dienone is 1. The molecule has 1 aromatic carbocycles. The molecule has 1 N–H and O–H groups in total. The summed E-state index contributed by atoms with van der Waals surface area (Å²) in [6.45, 7) is 0. The molecule has 0 aliphatic heterocycles. The summed E-state index contributed by atoms with van der Waals surface area (Å²) < 4.78 is 51.8. The zero-order chi connectivity index (χ0) is 28.2. The number of benzene rings is 1. The van der Waals surface area contributed by atoms with Gasteiger partial charge in [0, 0.05) is 24.7 Å². The number of esters is 3. The lowest BCUT2D eigenvalue weighted by atomic mass is 10.0. The van der Waals surface area contributed by atoms with Crippen LogP contribution < -0.4 is 10.2 Å². The minimum Gasteiger partial charge on any atom is -0.469 e. The van der Waals surface area contributed by atoms with Crippen LogP contribution in [0.4, 0.5) is 18.9 Å². The Hall–Kier alpha value is -3.90. The van der Waals surface area contributed by atoms with Gasteiger partial charge in [-0.25, -0.2) is 4.79 Å². The summed E-state index contributed by atoms with van der Waals surface area (Å²) in [5, 5.41) is 2.49. The molecule has 0 spiro atoms. The first-order valence-corrected chi connectivity index (χ1v) is 11.0. The van der Waals surface area contributed by atoms with Crippen molar-refractivity contribution in [3.05, 3.63) is 42.0 Å². The normalized spacial score (nSPS) is 12.8. The summed E-state index contributed by atoms with van der Waals surface area (Å²) >= 11 is 0. The van der Waals surface area contributed by atoms with Crippen molar-refractivity contribution in [2.75, 3.05) is 33.3 Å². The maximum atomic E-state index is 12.6. The third-order valence-corrected chi connectivity index (χ3v) is 5.24.